The van der Waals surface area contributed by atoms with Crippen LogP contribution in [0.15, 0.2) is 24.4 Å². The molecule has 1 saturated carbocycles. The van der Waals surface area contributed by atoms with Crippen LogP contribution in [0, 0.1) is 6.92 Å². The summed E-state index contributed by atoms with van der Waals surface area (Å²) < 4.78 is 25.5. The minimum atomic E-state index is -2.90. The molecule has 0 radical (unpaired) electrons. The number of aryl methyl sites for hydroxylation is 1. The Labute approximate surface area is 187 Å². The first kappa shape index (κ1) is 21.0. The first-order valence-corrected chi connectivity index (χ1v) is 13.1. The predicted molar refractivity (Wildman–Crippen MR) is 120 cm³/mol. The number of benzene rings is 1. The van der Waals surface area contributed by atoms with Gasteiger partial charge in [0, 0.05) is 43.2 Å². The van der Waals surface area contributed by atoms with Crippen molar-refractivity contribution in [2.75, 3.05) is 37.7 Å². The fourth-order valence-corrected chi connectivity index (χ4v) is 6.65. The van der Waals surface area contributed by atoms with Gasteiger partial charge in [-0.3, -0.25) is 9.69 Å². The van der Waals surface area contributed by atoms with E-state index in [0.29, 0.717) is 49.1 Å². The molecule has 3 aliphatic rings. The molecule has 31 heavy (non-hydrogen) atoms. The molecule has 1 aromatic carbocycles. The maximum Gasteiger partial charge on any atom is 0.257 e. The smallest absolute Gasteiger partial charge is 0.257 e. The second-order valence-electron chi connectivity index (χ2n) is 8.95. The summed E-state index contributed by atoms with van der Waals surface area (Å²) in [6.45, 7) is 4.62. The van der Waals surface area contributed by atoms with Crippen molar-refractivity contribution < 1.29 is 13.2 Å². The lowest BCUT2D eigenvalue weighted by Crippen LogP contribution is -2.52. The molecule has 1 unspecified atom stereocenters. The van der Waals surface area contributed by atoms with Gasteiger partial charge in [0.25, 0.3) is 5.91 Å². The first-order chi connectivity index (χ1) is 14.8. The minimum absolute atomic E-state index is 0.0186. The summed E-state index contributed by atoms with van der Waals surface area (Å²) in [6.07, 6.45) is 4.53. The van der Waals surface area contributed by atoms with Gasteiger partial charge in [-0.25, -0.2) is 13.1 Å². The van der Waals surface area contributed by atoms with E-state index in [2.05, 4.69) is 10.00 Å². The highest BCUT2D eigenvalue weighted by Gasteiger charge is 2.37. The third-order valence-electron chi connectivity index (χ3n) is 6.73. The van der Waals surface area contributed by atoms with Crippen molar-refractivity contribution in [1.82, 2.24) is 19.6 Å². The molecule has 0 spiro atoms. The van der Waals surface area contributed by atoms with Crippen molar-refractivity contribution in [3.63, 3.8) is 0 Å². The summed E-state index contributed by atoms with van der Waals surface area (Å²) in [7, 11) is -2.90. The van der Waals surface area contributed by atoms with E-state index in [4.69, 9.17) is 11.6 Å². The number of sulfone groups is 1. The van der Waals surface area contributed by atoms with Gasteiger partial charge in [-0.15, -0.1) is 0 Å². The number of halogens is 1. The van der Waals surface area contributed by atoms with E-state index in [1.807, 2.05) is 34.7 Å². The van der Waals surface area contributed by atoms with Crippen LogP contribution in [0.25, 0.3) is 5.69 Å². The molecule has 1 aromatic heterocycles. The van der Waals surface area contributed by atoms with Crippen molar-refractivity contribution in [3.05, 3.63) is 46.2 Å². The summed E-state index contributed by atoms with van der Waals surface area (Å²) in [5, 5.41) is 5.25. The van der Waals surface area contributed by atoms with Crippen molar-refractivity contribution in [2.24, 2.45) is 0 Å². The Morgan fingerprint density at radius 3 is 2.48 bits per heavy atom. The maximum absolute atomic E-state index is 13.4. The SMILES string of the molecule is Cc1ccc(-n2ncc(C(=O)N3CCN(C4CCS(=O)(=O)C4)CC3)c2C2CC2)cc1Cl. The van der Waals surface area contributed by atoms with Gasteiger partial charge in [0.15, 0.2) is 9.84 Å². The van der Waals surface area contributed by atoms with Crippen LogP contribution in [0.3, 0.4) is 0 Å². The fraction of sp³-hybridized carbons (Fsp3) is 0.545. The van der Waals surface area contributed by atoms with E-state index in [-0.39, 0.29) is 23.5 Å². The van der Waals surface area contributed by atoms with Gasteiger partial charge in [-0.1, -0.05) is 17.7 Å². The van der Waals surface area contributed by atoms with Crippen LogP contribution in [0.2, 0.25) is 5.02 Å². The lowest BCUT2D eigenvalue weighted by molar-refractivity contribution is 0.0586. The Morgan fingerprint density at radius 1 is 1.13 bits per heavy atom. The van der Waals surface area contributed by atoms with E-state index < -0.39 is 9.84 Å². The Morgan fingerprint density at radius 2 is 1.87 bits per heavy atom. The van der Waals surface area contributed by atoms with Crippen LogP contribution in [0.4, 0.5) is 0 Å². The monoisotopic (exact) mass is 462 g/mol. The van der Waals surface area contributed by atoms with Crippen LogP contribution in [-0.4, -0.2) is 77.6 Å². The summed E-state index contributed by atoms with van der Waals surface area (Å²) in [5.41, 5.74) is 3.55. The quantitative estimate of drug-likeness (QED) is 0.698. The molecule has 7 nitrogen and oxygen atoms in total. The number of amides is 1. The molecule has 3 heterocycles. The zero-order valence-corrected chi connectivity index (χ0v) is 19.2. The maximum atomic E-state index is 13.4. The molecule has 5 rings (SSSR count). The van der Waals surface area contributed by atoms with Gasteiger partial charge < -0.3 is 4.90 Å². The summed E-state index contributed by atoms with van der Waals surface area (Å²) in [4.78, 5) is 17.5. The van der Waals surface area contributed by atoms with E-state index in [0.717, 1.165) is 29.8 Å². The highest BCUT2D eigenvalue weighted by atomic mass is 35.5. The van der Waals surface area contributed by atoms with Crippen LogP contribution < -0.4 is 0 Å². The molecule has 1 atom stereocenters. The van der Waals surface area contributed by atoms with Crippen molar-refractivity contribution >= 4 is 27.3 Å². The number of carbonyl (C=O) groups is 1. The van der Waals surface area contributed by atoms with Gasteiger partial charge in [0.1, 0.15) is 0 Å². The van der Waals surface area contributed by atoms with E-state index >= 15 is 0 Å². The average molecular weight is 463 g/mol. The lowest BCUT2D eigenvalue weighted by atomic mass is 10.1. The zero-order valence-electron chi connectivity index (χ0n) is 17.6. The Bertz CT molecular complexity index is 1120. The van der Waals surface area contributed by atoms with Gasteiger partial charge in [-0.05, 0) is 43.9 Å². The van der Waals surface area contributed by atoms with Gasteiger partial charge in [0.2, 0.25) is 0 Å². The van der Waals surface area contributed by atoms with Gasteiger partial charge in [-0.2, -0.15) is 5.10 Å². The molecule has 1 amide bonds. The second kappa shape index (κ2) is 7.90. The van der Waals surface area contributed by atoms with Crippen molar-refractivity contribution in [2.45, 2.75) is 38.1 Å². The normalized spacial score (nSPS) is 23.9. The second-order valence-corrected chi connectivity index (χ2v) is 11.6. The Kier molecular flexibility index (Phi) is 5.35. The predicted octanol–water partition coefficient (Wildman–Crippen LogP) is 2.66. The molecular formula is C22H27ClN4O3S. The molecule has 2 aliphatic heterocycles. The highest BCUT2D eigenvalue weighted by Crippen LogP contribution is 2.43. The number of piperazine rings is 1. The average Bonchev–Trinajstić information content (AvgIpc) is 3.39. The molecule has 2 saturated heterocycles. The lowest BCUT2D eigenvalue weighted by Gasteiger charge is -2.37. The highest BCUT2D eigenvalue weighted by molar-refractivity contribution is 7.91. The largest absolute Gasteiger partial charge is 0.336 e. The van der Waals surface area contributed by atoms with Crippen LogP contribution >= 0.6 is 11.6 Å². The van der Waals surface area contributed by atoms with Crippen molar-refractivity contribution in [1.29, 1.82) is 0 Å². The Hall–Kier alpha value is -1.90. The summed E-state index contributed by atoms with van der Waals surface area (Å²) in [5.74, 6) is 0.902. The Balaban J connectivity index is 1.33. The van der Waals surface area contributed by atoms with E-state index in [9.17, 15) is 13.2 Å². The first-order valence-electron chi connectivity index (χ1n) is 10.9. The summed E-state index contributed by atoms with van der Waals surface area (Å²) in [6, 6.07) is 5.96. The number of hydrogen-bond donors (Lipinski definition) is 0. The molecule has 2 aromatic rings. The van der Waals surface area contributed by atoms with Crippen LogP contribution in [-0.2, 0) is 9.84 Å². The number of carbonyl (C=O) groups excluding carboxylic acids is 1. The molecule has 0 bridgehead atoms. The van der Waals surface area contributed by atoms with Crippen LogP contribution in [0.5, 0.6) is 0 Å². The minimum Gasteiger partial charge on any atom is -0.336 e. The number of aromatic nitrogens is 2. The third kappa shape index (κ3) is 4.13. The van der Waals surface area contributed by atoms with Crippen LogP contribution in [0.1, 0.15) is 46.8 Å². The molecule has 0 N–H and O–H groups in total. The van der Waals surface area contributed by atoms with Gasteiger partial charge >= 0.3 is 0 Å². The molecule has 1 aliphatic carbocycles. The number of hydrogen-bond acceptors (Lipinski definition) is 5. The van der Waals surface area contributed by atoms with E-state index in [1.165, 1.54) is 0 Å². The molecule has 9 heteroatoms. The summed E-state index contributed by atoms with van der Waals surface area (Å²) >= 11 is 6.33. The standard InChI is InChI=1S/C22H27ClN4O3S/c1-15-2-5-17(12-20(15)23)27-21(16-3-4-16)19(13-24-27)22(28)26-9-7-25(8-10-26)18-6-11-31(29,30)14-18/h2,5,12-13,16,18H,3-4,6-11,14H2,1H3. The topological polar surface area (TPSA) is 75.5 Å². The fourth-order valence-electron chi connectivity index (χ4n) is 4.72. The van der Waals surface area contributed by atoms with E-state index in [1.54, 1.807) is 6.20 Å². The van der Waals surface area contributed by atoms with Gasteiger partial charge in [0.05, 0.1) is 34.6 Å². The third-order valence-corrected chi connectivity index (χ3v) is 8.88. The molecular weight excluding hydrogens is 436 g/mol. The number of nitrogens with zero attached hydrogens (tertiary/aromatic N) is 4. The number of rotatable bonds is 4. The van der Waals surface area contributed by atoms with Crippen molar-refractivity contribution in [3.8, 4) is 5.69 Å². The molecule has 166 valence electrons. The zero-order chi connectivity index (χ0) is 21.8. The molecule has 3 fully saturated rings.